The highest BCUT2D eigenvalue weighted by Gasteiger charge is 2.07. The first kappa shape index (κ1) is 13.1. The summed E-state index contributed by atoms with van der Waals surface area (Å²) in [4.78, 5) is 8.46. The molecule has 6 heteroatoms. The second-order valence-corrected chi connectivity index (χ2v) is 4.86. The van der Waals surface area contributed by atoms with Gasteiger partial charge in [-0.15, -0.1) is 11.6 Å². The Balaban J connectivity index is 1.95. The van der Waals surface area contributed by atoms with Gasteiger partial charge in [0.15, 0.2) is 5.65 Å². The van der Waals surface area contributed by atoms with Crippen LogP contribution in [0, 0.1) is 5.92 Å². The van der Waals surface area contributed by atoms with E-state index in [0.717, 1.165) is 42.1 Å². The minimum atomic E-state index is 0.567. The Bertz CT molecular complexity index is 510. The summed E-state index contributed by atoms with van der Waals surface area (Å²) < 4.78 is 1.75. The van der Waals surface area contributed by atoms with Crippen LogP contribution in [0.4, 0.5) is 5.82 Å². The van der Waals surface area contributed by atoms with Crippen molar-refractivity contribution in [3.63, 3.8) is 0 Å². The van der Waals surface area contributed by atoms with Crippen LogP contribution in [-0.4, -0.2) is 32.2 Å². The molecule has 0 fully saturated rings. The van der Waals surface area contributed by atoms with Gasteiger partial charge in [0.25, 0.3) is 0 Å². The van der Waals surface area contributed by atoms with E-state index in [1.165, 1.54) is 0 Å². The molecule has 0 saturated carbocycles. The lowest BCUT2D eigenvalue weighted by Gasteiger charge is -2.08. The van der Waals surface area contributed by atoms with Crippen LogP contribution in [0.25, 0.3) is 11.0 Å². The molecule has 0 aliphatic rings. The number of fused-ring (bicyclic) bond motifs is 1. The minimum absolute atomic E-state index is 0.567. The standard InChI is InChI=1S/C12H18ClN5/c1-9(6-13)4-3-5-14-11-10-7-17-18(2)12(10)16-8-15-11/h7-9H,3-6H2,1-2H3,(H,14,15,16). The quantitative estimate of drug-likeness (QED) is 0.645. The van der Waals surface area contributed by atoms with E-state index in [2.05, 4.69) is 27.3 Å². The van der Waals surface area contributed by atoms with Gasteiger partial charge in [0.2, 0.25) is 0 Å². The monoisotopic (exact) mass is 267 g/mol. The van der Waals surface area contributed by atoms with Gasteiger partial charge in [0.05, 0.1) is 11.6 Å². The predicted molar refractivity (Wildman–Crippen MR) is 73.9 cm³/mol. The molecule has 2 heterocycles. The third kappa shape index (κ3) is 2.90. The van der Waals surface area contributed by atoms with Crippen LogP contribution in [0.15, 0.2) is 12.5 Å². The number of anilines is 1. The fourth-order valence-corrected chi connectivity index (χ4v) is 1.99. The first-order chi connectivity index (χ1) is 8.72. The van der Waals surface area contributed by atoms with Crippen molar-refractivity contribution < 1.29 is 0 Å². The van der Waals surface area contributed by atoms with E-state index in [-0.39, 0.29) is 0 Å². The summed E-state index contributed by atoms with van der Waals surface area (Å²) in [5.41, 5.74) is 0.849. The van der Waals surface area contributed by atoms with Crippen molar-refractivity contribution in [1.29, 1.82) is 0 Å². The summed E-state index contributed by atoms with van der Waals surface area (Å²) in [5, 5.41) is 8.48. The molecule has 0 bridgehead atoms. The largest absolute Gasteiger partial charge is 0.369 e. The Morgan fingerprint density at radius 2 is 2.28 bits per heavy atom. The molecule has 5 nitrogen and oxygen atoms in total. The van der Waals surface area contributed by atoms with Gasteiger partial charge in [-0.05, 0) is 18.8 Å². The van der Waals surface area contributed by atoms with Gasteiger partial charge < -0.3 is 5.32 Å². The second-order valence-electron chi connectivity index (χ2n) is 4.56. The van der Waals surface area contributed by atoms with Gasteiger partial charge in [-0.3, -0.25) is 4.68 Å². The van der Waals surface area contributed by atoms with E-state index in [1.54, 1.807) is 17.2 Å². The number of alkyl halides is 1. The lowest BCUT2D eigenvalue weighted by atomic mass is 10.1. The second kappa shape index (κ2) is 6.00. The summed E-state index contributed by atoms with van der Waals surface area (Å²) in [6.07, 6.45) is 5.56. The maximum Gasteiger partial charge on any atom is 0.163 e. The van der Waals surface area contributed by atoms with Gasteiger partial charge in [-0.1, -0.05) is 6.92 Å². The zero-order chi connectivity index (χ0) is 13.0. The average Bonchev–Trinajstić information content (AvgIpc) is 2.77. The van der Waals surface area contributed by atoms with Crippen LogP contribution in [0.1, 0.15) is 19.8 Å². The van der Waals surface area contributed by atoms with Gasteiger partial charge >= 0.3 is 0 Å². The fourth-order valence-electron chi connectivity index (χ4n) is 1.84. The first-order valence-electron chi connectivity index (χ1n) is 6.15. The number of aromatic nitrogens is 4. The summed E-state index contributed by atoms with van der Waals surface area (Å²) >= 11 is 5.78. The van der Waals surface area contributed by atoms with Crippen molar-refractivity contribution >= 4 is 28.5 Å². The van der Waals surface area contributed by atoms with Gasteiger partial charge in [-0.2, -0.15) is 5.10 Å². The molecule has 0 aliphatic carbocycles. The van der Waals surface area contributed by atoms with Crippen LogP contribution < -0.4 is 5.32 Å². The van der Waals surface area contributed by atoms with Gasteiger partial charge in [-0.25, -0.2) is 9.97 Å². The normalized spacial score (nSPS) is 12.8. The molecule has 18 heavy (non-hydrogen) atoms. The predicted octanol–water partition coefficient (Wildman–Crippen LogP) is 2.43. The smallest absolute Gasteiger partial charge is 0.163 e. The van der Waals surface area contributed by atoms with E-state index in [1.807, 2.05) is 7.05 Å². The topological polar surface area (TPSA) is 55.6 Å². The van der Waals surface area contributed by atoms with E-state index < -0.39 is 0 Å². The lowest BCUT2D eigenvalue weighted by Crippen LogP contribution is -2.06. The van der Waals surface area contributed by atoms with Crippen LogP contribution in [0.2, 0.25) is 0 Å². The van der Waals surface area contributed by atoms with Crippen molar-refractivity contribution in [3.05, 3.63) is 12.5 Å². The van der Waals surface area contributed by atoms with Crippen molar-refractivity contribution in [3.8, 4) is 0 Å². The van der Waals surface area contributed by atoms with Crippen molar-refractivity contribution in [2.75, 3.05) is 17.7 Å². The van der Waals surface area contributed by atoms with E-state index in [0.29, 0.717) is 5.92 Å². The molecule has 2 aromatic heterocycles. The molecule has 2 aromatic rings. The highest BCUT2D eigenvalue weighted by Crippen LogP contribution is 2.17. The molecule has 1 unspecified atom stereocenters. The first-order valence-corrected chi connectivity index (χ1v) is 6.68. The molecule has 0 amide bonds. The third-order valence-electron chi connectivity index (χ3n) is 2.96. The van der Waals surface area contributed by atoms with Crippen LogP contribution in [0.5, 0.6) is 0 Å². The fraction of sp³-hybridized carbons (Fsp3) is 0.583. The molecule has 98 valence electrons. The highest BCUT2D eigenvalue weighted by molar-refractivity contribution is 6.18. The molecular formula is C12H18ClN5. The minimum Gasteiger partial charge on any atom is -0.369 e. The molecule has 0 radical (unpaired) electrons. The molecular weight excluding hydrogens is 250 g/mol. The Labute approximate surface area is 112 Å². The van der Waals surface area contributed by atoms with Crippen molar-refractivity contribution in [2.24, 2.45) is 13.0 Å². The Morgan fingerprint density at radius 3 is 3.06 bits per heavy atom. The number of halogens is 1. The number of hydrogen-bond donors (Lipinski definition) is 1. The Morgan fingerprint density at radius 1 is 1.44 bits per heavy atom. The number of hydrogen-bond acceptors (Lipinski definition) is 4. The van der Waals surface area contributed by atoms with Crippen molar-refractivity contribution in [1.82, 2.24) is 19.7 Å². The molecule has 1 N–H and O–H groups in total. The molecule has 2 rings (SSSR count). The SMILES string of the molecule is CC(CCl)CCCNc1ncnc2c1cnn2C. The molecule has 1 atom stereocenters. The highest BCUT2D eigenvalue weighted by atomic mass is 35.5. The van der Waals surface area contributed by atoms with E-state index >= 15 is 0 Å². The number of nitrogens with one attached hydrogen (secondary N) is 1. The van der Waals surface area contributed by atoms with E-state index in [4.69, 9.17) is 11.6 Å². The molecule has 0 spiro atoms. The maximum atomic E-state index is 5.78. The van der Waals surface area contributed by atoms with E-state index in [9.17, 15) is 0 Å². The zero-order valence-corrected chi connectivity index (χ0v) is 11.5. The average molecular weight is 268 g/mol. The van der Waals surface area contributed by atoms with Gasteiger partial charge in [0, 0.05) is 19.5 Å². The lowest BCUT2D eigenvalue weighted by molar-refractivity contribution is 0.572. The van der Waals surface area contributed by atoms with Crippen LogP contribution >= 0.6 is 11.6 Å². The molecule has 0 aliphatic heterocycles. The number of nitrogens with zero attached hydrogens (tertiary/aromatic N) is 4. The summed E-state index contributed by atoms with van der Waals surface area (Å²) in [7, 11) is 1.88. The Kier molecular flexibility index (Phi) is 4.36. The molecule has 0 saturated heterocycles. The number of aryl methyl sites for hydroxylation is 1. The Hall–Kier alpha value is -1.36. The van der Waals surface area contributed by atoms with Crippen LogP contribution in [-0.2, 0) is 7.05 Å². The third-order valence-corrected chi connectivity index (χ3v) is 3.49. The van der Waals surface area contributed by atoms with Crippen LogP contribution in [0.3, 0.4) is 0 Å². The van der Waals surface area contributed by atoms with Crippen molar-refractivity contribution in [2.45, 2.75) is 19.8 Å². The summed E-state index contributed by atoms with van der Waals surface area (Å²) in [6.45, 7) is 3.05. The number of rotatable bonds is 6. The van der Waals surface area contributed by atoms with Gasteiger partial charge in [0.1, 0.15) is 12.1 Å². The summed E-state index contributed by atoms with van der Waals surface area (Å²) in [5.74, 6) is 2.14. The molecule has 0 aromatic carbocycles. The summed E-state index contributed by atoms with van der Waals surface area (Å²) in [6, 6.07) is 0. The maximum absolute atomic E-state index is 5.78. The zero-order valence-electron chi connectivity index (χ0n) is 10.7.